The molecule has 21 heavy (non-hydrogen) atoms. The zero-order chi connectivity index (χ0) is 15.4. The summed E-state index contributed by atoms with van der Waals surface area (Å²) in [5.41, 5.74) is 0.981. The second-order valence-electron chi connectivity index (χ2n) is 5.24. The quantitative estimate of drug-likeness (QED) is 0.932. The summed E-state index contributed by atoms with van der Waals surface area (Å²) in [6.07, 6.45) is 0. The SMILES string of the molecule is CC(C)C(=O)Nc1cc(C(=O)N2CCOCC2)ccc1Cl. The first kappa shape index (κ1) is 15.8. The second-order valence-corrected chi connectivity index (χ2v) is 5.65. The largest absolute Gasteiger partial charge is 0.378 e. The third kappa shape index (κ3) is 3.95. The molecule has 2 amide bonds. The smallest absolute Gasteiger partial charge is 0.254 e. The minimum Gasteiger partial charge on any atom is -0.378 e. The fraction of sp³-hybridized carbons (Fsp3) is 0.467. The normalized spacial score (nSPS) is 15.1. The Kier molecular flexibility index (Phi) is 5.20. The minimum atomic E-state index is -0.153. The topological polar surface area (TPSA) is 58.6 Å². The number of carbonyl (C=O) groups excluding carboxylic acids is 2. The number of hydrogen-bond acceptors (Lipinski definition) is 3. The molecule has 0 aromatic heterocycles. The van der Waals surface area contributed by atoms with Crippen LogP contribution in [-0.2, 0) is 9.53 Å². The third-order valence-corrected chi connectivity index (χ3v) is 3.62. The number of nitrogens with one attached hydrogen (secondary N) is 1. The molecular formula is C15H19ClN2O3. The molecule has 1 fully saturated rings. The van der Waals surface area contributed by atoms with Gasteiger partial charge < -0.3 is 15.0 Å². The lowest BCUT2D eigenvalue weighted by atomic mass is 10.1. The molecule has 114 valence electrons. The van der Waals surface area contributed by atoms with E-state index in [-0.39, 0.29) is 17.7 Å². The Morgan fingerprint density at radius 1 is 1.29 bits per heavy atom. The fourth-order valence-corrected chi connectivity index (χ4v) is 2.14. The van der Waals surface area contributed by atoms with Crippen molar-refractivity contribution < 1.29 is 14.3 Å². The van der Waals surface area contributed by atoms with Crippen LogP contribution in [0.1, 0.15) is 24.2 Å². The lowest BCUT2D eigenvalue weighted by molar-refractivity contribution is -0.118. The molecule has 0 saturated carbocycles. The summed E-state index contributed by atoms with van der Waals surface area (Å²) in [6, 6.07) is 4.93. The van der Waals surface area contributed by atoms with Crippen LogP contribution in [0.25, 0.3) is 0 Å². The zero-order valence-corrected chi connectivity index (χ0v) is 12.9. The summed E-state index contributed by atoms with van der Waals surface area (Å²) in [5.74, 6) is -0.359. The number of benzene rings is 1. The third-order valence-electron chi connectivity index (χ3n) is 3.29. The van der Waals surface area contributed by atoms with Crippen molar-refractivity contribution in [1.29, 1.82) is 0 Å². The number of nitrogens with zero attached hydrogens (tertiary/aromatic N) is 1. The Morgan fingerprint density at radius 2 is 1.95 bits per heavy atom. The maximum atomic E-state index is 12.4. The zero-order valence-electron chi connectivity index (χ0n) is 12.2. The van der Waals surface area contributed by atoms with Gasteiger partial charge in [-0.2, -0.15) is 0 Å². The molecule has 0 bridgehead atoms. The Morgan fingerprint density at radius 3 is 2.57 bits per heavy atom. The van der Waals surface area contributed by atoms with Crippen LogP contribution in [0.3, 0.4) is 0 Å². The van der Waals surface area contributed by atoms with Crippen molar-refractivity contribution in [3.63, 3.8) is 0 Å². The van der Waals surface area contributed by atoms with E-state index < -0.39 is 0 Å². The minimum absolute atomic E-state index is 0.0741. The molecule has 1 aliphatic heterocycles. The van der Waals surface area contributed by atoms with Crippen molar-refractivity contribution in [2.24, 2.45) is 5.92 Å². The number of morpholine rings is 1. The average Bonchev–Trinajstić information content (AvgIpc) is 2.49. The van der Waals surface area contributed by atoms with E-state index in [4.69, 9.17) is 16.3 Å². The van der Waals surface area contributed by atoms with Crippen LogP contribution in [0, 0.1) is 5.92 Å². The number of halogens is 1. The Balaban J connectivity index is 2.17. The molecule has 1 aromatic rings. The number of carbonyl (C=O) groups is 2. The molecule has 0 atom stereocenters. The van der Waals surface area contributed by atoms with Crippen LogP contribution < -0.4 is 5.32 Å². The molecule has 1 saturated heterocycles. The average molecular weight is 311 g/mol. The van der Waals surface area contributed by atoms with Crippen molar-refractivity contribution in [2.45, 2.75) is 13.8 Å². The van der Waals surface area contributed by atoms with Crippen molar-refractivity contribution in [3.05, 3.63) is 28.8 Å². The van der Waals surface area contributed by atoms with E-state index in [2.05, 4.69) is 5.32 Å². The van der Waals surface area contributed by atoms with Crippen molar-refractivity contribution in [3.8, 4) is 0 Å². The van der Waals surface area contributed by atoms with Crippen LogP contribution >= 0.6 is 11.6 Å². The van der Waals surface area contributed by atoms with Gasteiger partial charge in [0, 0.05) is 24.6 Å². The van der Waals surface area contributed by atoms with Crippen LogP contribution in [0.4, 0.5) is 5.69 Å². The summed E-state index contributed by atoms with van der Waals surface area (Å²) in [4.78, 5) is 25.9. The molecule has 6 heteroatoms. The Bertz CT molecular complexity index is 540. The van der Waals surface area contributed by atoms with E-state index in [9.17, 15) is 9.59 Å². The van der Waals surface area contributed by atoms with Gasteiger partial charge in [-0.1, -0.05) is 25.4 Å². The summed E-state index contributed by atoms with van der Waals surface area (Å²) in [5, 5.41) is 3.16. The maximum Gasteiger partial charge on any atom is 0.254 e. The van der Waals surface area contributed by atoms with E-state index >= 15 is 0 Å². The molecule has 2 rings (SSSR count). The molecule has 5 nitrogen and oxygen atoms in total. The van der Waals surface area contributed by atoms with E-state index in [0.29, 0.717) is 42.6 Å². The lowest BCUT2D eigenvalue weighted by Crippen LogP contribution is -2.40. The predicted octanol–water partition coefficient (Wildman–Crippen LogP) is 2.41. The summed E-state index contributed by atoms with van der Waals surface area (Å²) in [6.45, 7) is 5.86. The summed E-state index contributed by atoms with van der Waals surface area (Å²) >= 11 is 6.08. The van der Waals surface area contributed by atoms with E-state index in [1.807, 2.05) is 0 Å². The molecule has 0 unspecified atom stereocenters. The second kappa shape index (κ2) is 6.91. The monoisotopic (exact) mass is 310 g/mol. The van der Waals surface area contributed by atoms with Gasteiger partial charge in [0.1, 0.15) is 0 Å². The standard InChI is InChI=1S/C15H19ClN2O3/c1-10(2)14(19)17-13-9-11(3-4-12(13)16)15(20)18-5-7-21-8-6-18/h3-4,9-10H,5-8H2,1-2H3,(H,17,19). The highest BCUT2D eigenvalue weighted by Crippen LogP contribution is 2.24. The van der Waals surface area contributed by atoms with Crippen molar-refractivity contribution in [2.75, 3.05) is 31.6 Å². The van der Waals surface area contributed by atoms with Gasteiger partial charge in [-0.3, -0.25) is 9.59 Å². The number of rotatable bonds is 3. The van der Waals surface area contributed by atoms with Gasteiger partial charge in [0.2, 0.25) is 5.91 Å². The number of amides is 2. The van der Waals surface area contributed by atoms with Gasteiger partial charge in [-0.05, 0) is 18.2 Å². The predicted molar refractivity (Wildman–Crippen MR) is 81.6 cm³/mol. The Hall–Kier alpha value is -1.59. The summed E-state index contributed by atoms with van der Waals surface area (Å²) in [7, 11) is 0. The first-order valence-electron chi connectivity index (χ1n) is 6.96. The number of hydrogen-bond donors (Lipinski definition) is 1. The summed E-state index contributed by atoms with van der Waals surface area (Å²) < 4.78 is 5.24. The molecular weight excluding hydrogens is 292 g/mol. The molecule has 0 aliphatic carbocycles. The highest BCUT2D eigenvalue weighted by molar-refractivity contribution is 6.33. The molecule has 1 aliphatic rings. The van der Waals surface area contributed by atoms with E-state index in [1.165, 1.54) is 0 Å². The highest BCUT2D eigenvalue weighted by Gasteiger charge is 2.20. The van der Waals surface area contributed by atoms with Gasteiger partial charge in [0.15, 0.2) is 0 Å². The van der Waals surface area contributed by atoms with Crippen molar-refractivity contribution in [1.82, 2.24) is 4.90 Å². The molecule has 1 N–H and O–H groups in total. The van der Waals surface area contributed by atoms with E-state index in [1.54, 1.807) is 36.9 Å². The van der Waals surface area contributed by atoms with Gasteiger partial charge in [0.05, 0.1) is 23.9 Å². The van der Waals surface area contributed by atoms with Crippen LogP contribution in [0.2, 0.25) is 5.02 Å². The highest BCUT2D eigenvalue weighted by atomic mass is 35.5. The van der Waals surface area contributed by atoms with Crippen LogP contribution in [0.5, 0.6) is 0 Å². The molecule has 1 heterocycles. The lowest BCUT2D eigenvalue weighted by Gasteiger charge is -2.27. The van der Waals surface area contributed by atoms with E-state index in [0.717, 1.165) is 0 Å². The van der Waals surface area contributed by atoms with Crippen LogP contribution in [-0.4, -0.2) is 43.0 Å². The number of ether oxygens (including phenoxy) is 1. The molecule has 0 radical (unpaired) electrons. The van der Waals surface area contributed by atoms with Gasteiger partial charge >= 0.3 is 0 Å². The maximum absolute atomic E-state index is 12.4. The first-order valence-corrected chi connectivity index (χ1v) is 7.34. The Labute approximate surface area is 129 Å². The first-order chi connectivity index (χ1) is 9.99. The van der Waals surface area contributed by atoms with Gasteiger partial charge in [-0.15, -0.1) is 0 Å². The van der Waals surface area contributed by atoms with Crippen LogP contribution in [0.15, 0.2) is 18.2 Å². The molecule has 1 aromatic carbocycles. The van der Waals surface area contributed by atoms with Gasteiger partial charge in [0.25, 0.3) is 5.91 Å². The number of anilines is 1. The van der Waals surface area contributed by atoms with Gasteiger partial charge in [-0.25, -0.2) is 0 Å². The van der Waals surface area contributed by atoms with Crippen molar-refractivity contribution >= 4 is 29.1 Å². The molecule has 0 spiro atoms. The fourth-order valence-electron chi connectivity index (χ4n) is 1.98.